The lowest BCUT2D eigenvalue weighted by molar-refractivity contribution is 0.297. The zero-order valence-electron chi connectivity index (χ0n) is 14.8. The lowest BCUT2D eigenvalue weighted by Gasteiger charge is -2.12. The van der Waals surface area contributed by atoms with Crippen LogP contribution >= 0.6 is 0 Å². The maximum Gasteiger partial charge on any atom is 0.167 e. The van der Waals surface area contributed by atoms with Gasteiger partial charge in [-0.1, -0.05) is 31.2 Å². The van der Waals surface area contributed by atoms with Crippen LogP contribution in [0.25, 0.3) is 0 Å². The Bertz CT molecular complexity index is 823. The Labute approximate surface area is 153 Å². The lowest BCUT2D eigenvalue weighted by atomic mass is 10.0. The Hall–Kier alpha value is -1.99. The fourth-order valence-corrected chi connectivity index (χ4v) is 3.67. The zero-order chi connectivity index (χ0) is 19.2. The molecule has 0 saturated heterocycles. The van der Waals surface area contributed by atoms with E-state index in [2.05, 4.69) is 5.32 Å². The molecule has 0 saturated carbocycles. The van der Waals surface area contributed by atoms with Crippen molar-refractivity contribution in [1.29, 1.82) is 0 Å². The molecule has 0 aliphatic heterocycles. The van der Waals surface area contributed by atoms with Crippen molar-refractivity contribution in [3.63, 3.8) is 0 Å². The summed E-state index contributed by atoms with van der Waals surface area (Å²) in [5.74, 6) is -1.25. The number of rotatable bonds is 9. The van der Waals surface area contributed by atoms with Crippen molar-refractivity contribution >= 4 is 9.84 Å². The molecule has 0 aromatic heterocycles. The predicted octanol–water partition coefficient (Wildman–Crippen LogP) is 3.28. The van der Waals surface area contributed by atoms with Gasteiger partial charge < -0.3 is 10.1 Å². The van der Waals surface area contributed by atoms with E-state index < -0.39 is 21.5 Å². The average Bonchev–Trinajstić information content (AvgIpc) is 2.55. The minimum absolute atomic E-state index is 0.0254. The van der Waals surface area contributed by atoms with Crippen LogP contribution in [-0.2, 0) is 16.4 Å². The molecule has 2 aromatic rings. The fraction of sp³-hybridized carbons (Fsp3) is 0.368. The topological polar surface area (TPSA) is 55.4 Å². The van der Waals surface area contributed by atoms with Gasteiger partial charge in [-0.3, -0.25) is 0 Å². The van der Waals surface area contributed by atoms with E-state index in [0.717, 1.165) is 23.3 Å². The Kier molecular flexibility index (Phi) is 7.11. The molecule has 0 fully saturated rings. The van der Waals surface area contributed by atoms with Crippen molar-refractivity contribution in [3.8, 4) is 5.75 Å². The van der Waals surface area contributed by atoms with Crippen molar-refractivity contribution in [1.82, 2.24) is 5.32 Å². The van der Waals surface area contributed by atoms with Crippen LogP contribution in [-0.4, -0.2) is 33.6 Å². The van der Waals surface area contributed by atoms with Crippen molar-refractivity contribution in [2.24, 2.45) is 0 Å². The van der Waals surface area contributed by atoms with Crippen molar-refractivity contribution in [2.45, 2.75) is 19.4 Å². The number of halogens is 2. The van der Waals surface area contributed by atoms with E-state index in [1.807, 2.05) is 31.2 Å². The Morgan fingerprint density at radius 3 is 2.42 bits per heavy atom. The van der Waals surface area contributed by atoms with Crippen molar-refractivity contribution in [3.05, 3.63) is 65.2 Å². The van der Waals surface area contributed by atoms with E-state index in [9.17, 15) is 17.2 Å². The number of benzene rings is 2. The van der Waals surface area contributed by atoms with Gasteiger partial charge in [0.1, 0.15) is 22.3 Å². The summed E-state index contributed by atoms with van der Waals surface area (Å²) < 4.78 is 54.2. The summed E-state index contributed by atoms with van der Waals surface area (Å²) in [6.45, 7) is 3.26. The Morgan fingerprint density at radius 1 is 1.12 bits per heavy atom. The predicted molar refractivity (Wildman–Crippen MR) is 98.1 cm³/mol. The molecule has 26 heavy (non-hydrogen) atoms. The molecule has 142 valence electrons. The summed E-state index contributed by atoms with van der Waals surface area (Å²) >= 11 is 0. The maximum atomic E-state index is 13.4. The van der Waals surface area contributed by atoms with Crippen LogP contribution in [0.1, 0.15) is 24.0 Å². The first-order chi connectivity index (χ1) is 12.2. The van der Waals surface area contributed by atoms with E-state index >= 15 is 0 Å². The second kappa shape index (κ2) is 9.09. The van der Waals surface area contributed by atoms with Crippen LogP contribution in [0.3, 0.4) is 0 Å². The highest BCUT2D eigenvalue weighted by Gasteiger charge is 2.12. The van der Waals surface area contributed by atoms with Gasteiger partial charge in [-0.25, -0.2) is 17.2 Å². The van der Waals surface area contributed by atoms with Gasteiger partial charge in [-0.2, -0.15) is 0 Å². The van der Waals surface area contributed by atoms with Crippen LogP contribution in [0, 0.1) is 11.6 Å². The highest BCUT2D eigenvalue weighted by atomic mass is 32.2. The summed E-state index contributed by atoms with van der Waals surface area (Å²) in [6.07, 6.45) is 1.24. The van der Waals surface area contributed by atoms with Crippen LogP contribution in [0.4, 0.5) is 8.78 Å². The SMILES string of the molecule is C[C@@H](CS(C)(=O)=O)c1ccc(CNCCOc2ccc(F)cc2F)cc1. The largest absolute Gasteiger partial charge is 0.489 e. The molecule has 1 N–H and O–H groups in total. The summed E-state index contributed by atoms with van der Waals surface area (Å²) in [4.78, 5) is 0. The van der Waals surface area contributed by atoms with Crippen molar-refractivity contribution in [2.75, 3.05) is 25.2 Å². The van der Waals surface area contributed by atoms with Gasteiger partial charge in [0.05, 0.1) is 5.75 Å². The van der Waals surface area contributed by atoms with E-state index in [0.29, 0.717) is 13.1 Å². The summed E-state index contributed by atoms with van der Waals surface area (Å²) in [6, 6.07) is 11.0. The van der Waals surface area contributed by atoms with Gasteiger partial charge in [0.2, 0.25) is 0 Å². The van der Waals surface area contributed by atoms with E-state index in [1.54, 1.807) is 0 Å². The fourth-order valence-electron chi connectivity index (χ4n) is 2.57. The minimum Gasteiger partial charge on any atom is -0.489 e. The van der Waals surface area contributed by atoms with Crippen LogP contribution in [0.2, 0.25) is 0 Å². The van der Waals surface area contributed by atoms with Gasteiger partial charge in [-0.05, 0) is 29.2 Å². The molecule has 0 radical (unpaired) electrons. The maximum absolute atomic E-state index is 13.4. The Morgan fingerprint density at radius 2 is 1.81 bits per heavy atom. The smallest absolute Gasteiger partial charge is 0.167 e. The molecular formula is C19H23F2NO3S. The summed E-state index contributed by atoms with van der Waals surface area (Å²) in [5, 5.41) is 3.17. The van der Waals surface area contributed by atoms with E-state index in [-0.39, 0.29) is 24.0 Å². The molecule has 0 aliphatic carbocycles. The third-order valence-electron chi connectivity index (χ3n) is 3.86. The summed E-state index contributed by atoms with van der Waals surface area (Å²) in [5.41, 5.74) is 2.03. The molecule has 0 heterocycles. The van der Waals surface area contributed by atoms with Crippen LogP contribution in [0.5, 0.6) is 5.75 Å². The molecule has 2 rings (SSSR count). The second-order valence-corrected chi connectivity index (χ2v) is 8.52. The molecule has 4 nitrogen and oxygen atoms in total. The Balaban J connectivity index is 1.74. The van der Waals surface area contributed by atoms with Gasteiger partial charge in [-0.15, -0.1) is 0 Å². The molecule has 7 heteroatoms. The number of hydrogen-bond acceptors (Lipinski definition) is 4. The normalized spacial score (nSPS) is 12.8. The highest BCUT2D eigenvalue weighted by Crippen LogP contribution is 2.18. The van der Waals surface area contributed by atoms with Gasteiger partial charge >= 0.3 is 0 Å². The third kappa shape index (κ3) is 6.72. The van der Waals surface area contributed by atoms with E-state index in [1.165, 1.54) is 12.3 Å². The monoisotopic (exact) mass is 383 g/mol. The number of sulfone groups is 1. The van der Waals surface area contributed by atoms with Crippen LogP contribution in [0.15, 0.2) is 42.5 Å². The van der Waals surface area contributed by atoms with E-state index in [4.69, 9.17) is 4.74 Å². The highest BCUT2D eigenvalue weighted by molar-refractivity contribution is 7.90. The molecule has 0 amide bonds. The first-order valence-corrected chi connectivity index (χ1v) is 10.4. The van der Waals surface area contributed by atoms with Crippen LogP contribution < -0.4 is 10.1 Å². The quantitative estimate of drug-likeness (QED) is 0.675. The third-order valence-corrected chi connectivity index (χ3v) is 4.97. The van der Waals surface area contributed by atoms with Gasteiger partial charge in [0.15, 0.2) is 11.6 Å². The first kappa shape index (κ1) is 20.3. The van der Waals surface area contributed by atoms with Crippen molar-refractivity contribution < 1.29 is 21.9 Å². The minimum atomic E-state index is -3.00. The molecule has 2 aromatic carbocycles. The lowest BCUT2D eigenvalue weighted by Crippen LogP contribution is -2.20. The molecule has 0 unspecified atom stereocenters. The molecular weight excluding hydrogens is 360 g/mol. The number of hydrogen-bond donors (Lipinski definition) is 1. The molecule has 0 spiro atoms. The molecule has 1 atom stereocenters. The number of ether oxygens (including phenoxy) is 1. The van der Waals surface area contributed by atoms with Gasteiger partial charge in [0.25, 0.3) is 0 Å². The van der Waals surface area contributed by atoms with Gasteiger partial charge in [0, 0.05) is 25.4 Å². The molecule has 0 bridgehead atoms. The second-order valence-electron chi connectivity index (χ2n) is 6.34. The summed E-state index contributed by atoms with van der Waals surface area (Å²) in [7, 11) is -3.00. The zero-order valence-corrected chi connectivity index (χ0v) is 15.7. The standard InChI is InChI=1S/C19H23F2NO3S/c1-14(13-26(2,23)24)16-5-3-15(4-6-16)12-22-9-10-25-19-8-7-17(20)11-18(19)21/h3-8,11,14,22H,9-10,12-13H2,1-2H3/t14-/m0/s1. The molecule has 0 aliphatic rings. The number of nitrogens with one attached hydrogen (secondary N) is 1. The average molecular weight is 383 g/mol. The first-order valence-electron chi connectivity index (χ1n) is 8.30.